The van der Waals surface area contributed by atoms with E-state index in [2.05, 4.69) is 15.1 Å². The fourth-order valence-electron chi connectivity index (χ4n) is 0.767. The summed E-state index contributed by atoms with van der Waals surface area (Å²) in [5.41, 5.74) is 0.287. The van der Waals surface area contributed by atoms with Crippen LogP contribution >= 0.6 is 12.4 Å². The lowest BCUT2D eigenvalue weighted by atomic mass is 10.6. The van der Waals surface area contributed by atoms with Crippen LogP contribution in [0.15, 0.2) is 23.6 Å². The number of aromatic amines is 1. The van der Waals surface area contributed by atoms with Gasteiger partial charge >= 0.3 is 0 Å². The average Bonchev–Trinajstić information content (AvgIpc) is 2.36. The van der Waals surface area contributed by atoms with E-state index in [9.17, 15) is 4.79 Å². The van der Waals surface area contributed by atoms with Crippen molar-refractivity contribution in [1.29, 1.82) is 0 Å². The van der Waals surface area contributed by atoms with Gasteiger partial charge in [-0.15, -0.1) is 12.4 Å². The first-order valence-corrected chi connectivity index (χ1v) is 2.74. The first-order valence-electron chi connectivity index (χ1n) is 2.74. The molecule has 0 atom stereocenters. The summed E-state index contributed by atoms with van der Waals surface area (Å²) in [6.07, 6.45) is 4.27. The number of nitrogens with one attached hydrogen (secondary N) is 1. The number of hydrogen-bond acceptors (Lipinski definition) is 3. The molecule has 0 aliphatic rings. The van der Waals surface area contributed by atoms with Gasteiger partial charge < -0.3 is 4.98 Å². The minimum absolute atomic E-state index is 0. The second-order valence-corrected chi connectivity index (χ2v) is 1.84. The molecule has 0 unspecified atom stereocenters. The zero-order valence-electron chi connectivity index (χ0n) is 5.39. The van der Waals surface area contributed by atoms with Gasteiger partial charge in [-0.1, -0.05) is 0 Å². The molecule has 11 heavy (non-hydrogen) atoms. The maximum atomic E-state index is 10.9. The van der Waals surface area contributed by atoms with Gasteiger partial charge in [-0.3, -0.25) is 4.79 Å². The molecule has 2 aromatic heterocycles. The molecule has 0 fully saturated rings. The van der Waals surface area contributed by atoms with Gasteiger partial charge in [0.05, 0.1) is 6.20 Å². The molecule has 2 aromatic rings. The molecule has 2 rings (SSSR count). The Morgan fingerprint density at radius 1 is 1.55 bits per heavy atom. The van der Waals surface area contributed by atoms with E-state index >= 15 is 0 Å². The summed E-state index contributed by atoms with van der Waals surface area (Å²) >= 11 is 0. The minimum atomic E-state index is -0.174. The summed E-state index contributed by atoms with van der Waals surface area (Å²) in [6.45, 7) is 0. The Labute approximate surface area is 67.5 Å². The van der Waals surface area contributed by atoms with Crippen LogP contribution in [0.4, 0.5) is 0 Å². The predicted molar refractivity (Wildman–Crippen MR) is 40.9 cm³/mol. The normalized spacial score (nSPS) is 9.45. The van der Waals surface area contributed by atoms with Crippen LogP contribution in [0.1, 0.15) is 0 Å². The second kappa shape index (κ2) is 2.71. The van der Waals surface area contributed by atoms with Crippen molar-refractivity contribution in [2.45, 2.75) is 0 Å². The Kier molecular flexibility index (Phi) is 1.91. The van der Waals surface area contributed by atoms with Crippen molar-refractivity contribution >= 4 is 17.9 Å². The molecule has 0 aliphatic heterocycles. The number of nitrogens with zero attached hydrogens (tertiary/aromatic N) is 3. The van der Waals surface area contributed by atoms with Gasteiger partial charge in [0.1, 0.15) is 18.2 Å². The lowest BCUT2D eigenvalue weighted by molar-refractivity contribution is 0.879. The Bertz CT molecular complexity index is 406. The first kappa shape index (κ1) is 7.74. The predicted octanol–water partition coefficient (Wildman–Crippen LogP) is -0.161. The van der Waals surface area contributed by atoms with E-state index in [1.165, 1.54) is 23.4 Å². The van der Waals surface area contributed by atoms with Crippen LogP contribution in [0.3, 0.4) is 0 Å². The molecule has 0 aromatic carbocycles. The van der Waals surface area contributed by atoms with E-state index in [-0.39, 0.29) is 18.0 Å². The SMILES string of the molecule is Cl.O=c1[nH]cnn2cncc12. The molecule has 0 saturated heterocycles. The Morgan fingerprint density at radius 3 is 3.09 bits per heavy atom. The van der Waals surface area contributed by atoms with E-state index in [4.69, 9.17) is 0 Å². The standard InChI is InChI=1S/C5H4N4O.ClH/c10-5-4-1-6-3-9(4)8-2-7-5;/h1-3H,(H,7,8,10);1H. The molecular weight excluding hydrogens is 168 g/mol. The summed E-state index contributed by atoms with van der Waals surface area (Å²) in [4.78, 5) is 17.1. The van der Waals surface area contributed by atoms with E-state index in [0.717, 1.165) is 0 Å². The van der Waals surface area contributed by atoms with Crippen LogP contribution in [0, 0.1) is 0 Å². The van der Waals surface area contributed by atoms with Crippen molar-refractivity contribution in [2.75, 3.05) is 0 Å². The zero-order valence-corrected chi connectivity index (χ0v) is 6.21. The number of aromatic nitrogens is 4. The molecule has 5 nitrogen and oxygen atoms in total. The van der Waals surface area contributed by atoms with Crippen LogP contribution in [-0.2, 0) is 0 Å². The van der Waals surface area contributed by atoms with Crippen molar-refractivity contribution in [3.63, 3.8) is 0 Å². The van der Waals surface area contributed by atoms with Crippen LogP contribution in [-0.4, -0.2) is 19.6 Å². The molecule has 6 heteroatoms. The number of hydrogen-bond donors (Lipinski definition) is 1. The van der Waals surface area contributed by atoms with Crippen molar-refractivity contribution in [3.8, 4) is 0 Å². The van der Waals surface area contributed by atoms with Gasteiger partial charge in [0, 0.05) is 0 Å². The highest BCUT2D eigenvalue weighted by Gasteiger charge is 1.94. The summed E-state index contributed by atoms with van der Waals surface area (Å²) in [5, 5.41) is 3.80. The molecule has 0 bridgehead atoms. The molecule has 0 aliphatic carbocycles. The molecule has 0 saturated carbocycles. The van der Waals surface area contributed by atoms with Gasteiger partial charge in [-0.25, -0.2) is 9.50 Å². The van der Waals surface area contributed by atoms with Gasteiger partial charge in [-0.05, 0) is 0 Å². The smallest absolute Gasteiger partial charge is 0.276 e. The third-order valence-corrected chi connectivity index (χ3v) is 1.23. The topological polar surface area (TPSA) is 63.0 Å². The quantitative estimate of drug-likeness (QED) is 0.601. The fourth-order valence-corrected chi connectivity index (χ4v) is 0.767. The van der Waals surface area contributed by atoms with Crippen LogP contribution < -0.4 is 5.56 Å². The van der Waals surface area contributed by atoms with Gasteiger partial charge in [-0.2, -0.15) is 5.10 Å². The molecule has 2 heterocycles. The maximum Gasteiger partial charge on any atom is 0.276 e. The fraction of sp³-hybridized carbons (Fsp3) is 0. The number of imidazole rings is 1. The summed E-state index contributed by atoms with van der Waals surface area (Å²) in [6, 6.07) is 0. The Hall–Kier alpha value is -1.36. The number of halogens is 1. The second-order valence-electron chi connectivity index (χ2n) is 1.84. The third-order valence-electron chi connectivity index (χ3n) is 1.23. The number of H-pyrrole nitrogens is 1. The van der Waals surface area contributed by atoms with E-state index < -0.39 is 0 Å². The number of rotatable bonds is 0. The number of fused-ring (bicyclic) bond motifs is 1. The largest absolute Gasteiger partial charge is 0.310 e. The molecule has 58 valence electrons. The highest BCUT2D eigenvalue weighted by molar-refractivity contribution is 5.85. The summed E-state index contributed by atoms with van der Waals surface area (Å²) < 4.78 is 1.42. The molecule has 1 N–H and O–H groups in total. The molecule has 0 radical (unpaired) electrons. The van der Waals surface area contributed by atoms with E-state index in [0.29, 0.717) is 5.52 Å². The lowest BCUT2D eigenvalue weighted by Crippen LogP contribution is -2.09. The highest BCUT2D eigenvalue weighted by atomic mass is 35.5. The Morgan fingerprint density at radius 2 is 2.36 bits per heavy atom. The summed E-state index contributed by atoms with van der Waals surface area (Å²) in [5.74, 6) is 0. The van der Waals surface area contributed by atoms with Gasteiger partial charge in [0.25, 0.3) is 5.56 Å². The molecule has 0 amide bonds. The Balaban J connectivity index is 0.000000605. The van der Waals surface area contributed by atoms with Crippen molar-refractivity contribution in [1.82, 2.24) is 19.6 Å². The van der Waals surface area contributed by atoms with E-state index in [1.54, 1.807) is 0 Å². The van der Waals surface area contributed by atoms with Crippen molar-refractivity contribution < 1.29 is 0 Å². The van der Waals surface area contributed by atoms with Crippen LogP contribution in [0.2, 0.25) is 0 Å². The maximum absolute atomic E-state index is 10.9. The average molecular weight is 173 g/mol. The van der Waals surface area contributed by atoms with Gasteiger partial charge in [0.2, 0.25) is 0 Å². The van der Waals surface area contributed by atoms with E-state index in [1.807, 2.05) is 0 Å². The minimum Gasteiger partial charge on any atom is -0.310 e. The van der Waals surface area contributed by atoms with Gasteiger partial charge in [0.15, 0.2) is 0 Å². The monoisotopic (exact) mass is 172 g/mol. The van der Waals surface area contributed by atoms with Crippen molar-refractivity contribution in [3.05, 3.63) is 29.2 Å². The third kappa shape index (κ3) is 1.10. The zero-order chi connectivity index (χ0) is 6.97. The molecular formula is C5H5ClN4O. The van der Waals surface area contributed by atoms with Crippen LogP contribution in [0.5, 0.6) is 0 Å². The lowest BCUT2D eigenvalue weighted by Gasteiger charge is -1.85. The molecule has 0 spiro atoms. The van der Waals surface area contributed by atoms with Crippen molar-refractivity contribution in [2.24, 2.45) is 0 Å². The van der Waals surface area contributed by atoms with Crippen LogP contribution in [0.25, 0.3) is 5.52 Å². The summed E-state index contributed by atoms with van der Waals surface area (Å²) in [7, 11) is 0. The first-order chi connectivity index (χ1) is 4.88. The highest BCUT2D eigenvalue weighted by Crippen LogP contribution is 1.86.